The van der Waals surface area contributed by atoms with Crippen LogP contribution in [-0.2, 0) is 5.41 Å². The molecule has 12 aromatic rings. The summed E-state index contributed by atoms with van der Waals surface area (Å²) in [5.74, 6) is 0.681. The Morgan fingerprint density at radius 1 is 0.279 bits per heavy atom. The number of hydrogen-bond donors (Lipinski definition) is 0. The fourth-order valence-electron chi connectivity index (χ4n) is 10.7. The predicted octanol–water partition coefficient (Wildman–Crippen LogP) is 16.7. The van der Waals surface area contributed by atoms with E-state index in [0.717, 1.165) is 83.4 Å². The Kier molecular flexibility index (Phi) is 9.40. The Hall–Kier alpha value is -8.92. The molecule has 0 atom stereocenters. The number of para-hydroxylation sites is 1. The summed E-state index contributed by atoms with van der Waals surface area (Å²) in [5.41, 5.74) is 20.2. The monoisotopic (exact) mass is 866 g/mol. The zero-order valence-corrected chi connectivity index (χ0v) is 37.1. The molecule has 0 amide bonds. The van der Waals surface area contributed by atoms with Gasteiger partial charge in [-0.25, -0.2) is 9.97 Å². The average Bonchev–Trinajstić information content (AvgIpc) is 3.95. The third-order valence-electron chi connectivity index (χ3n) is 13.8. The largest absolute Gasteiger partial charge is 0.456 e. The third-order valence-corrected chi connectivity index (χ3v) is 13.8. The molecule has 0 saturated heterocycles. The predicted molar refractivity (Wildman–Crippen MR) is 279 cm³/mol. The number of benzene rings is 10. The molecule has 13 rings (SSSR count). The van der Waals surface area contributed by atoms with Crippen LogP contribution in [0.3, 0.4) is 0 Å². The fraction of sp³-hybridized carbons (Fsp3) is 0.0154. The first kappa shape index (κ1) is 39.4. The van der Waals surface area contributed by atoms with E-state index in [2.05, 4.69) is 218 Å². The van der Waals surface area contributed by atoms with Crippen LogP contribution < -0.4 is 0 Å². The van der Waals surface area contributed by atoms with Crippen LogP contribution in [0.4, 0.5) is 0 Å². The molecule has 68 heavy (non-hydrogen) atoms. The van der Waals surface area contributed by atoms with Crippen LogP contribution in [0, 0.1) is 0 Å². The van der Waals surface area contributed by atoms with E-state index in [1.165, 1.54) is 33.4 Å². The Balaban J connectivity index is 1.04. The van der Waals surface area contributed by atoms with E-state index in [1.54, 1.807) is 0 Å². The van der Waals surface area contributed by atoms with Gasteiger partial charge in [-0.2, -0.15) is 0 Å². The lowest BCUT2D eigenvalue weighted by Gasteiger charge is -2.34. The maximum Gasteiger partial charge on any atom is 0.160 e. The van der Waals surface area contributed by atoms with Crippen molar-refractivity contribution in [2.75, 3.05) is 0 Å². The van der Waals surface area contributed by atoms with Gasteiger partial charge in [0.15, 0.2) is 5.82 Å². The van der Waals surface area contributed by atoms with Crippen LogP contribution in [0.15, 0.2) is 259 Å². The lowest BCUT2D eigenvalue weighted by Crippen LogP contribution is -2.28. The molecule has 2 heterocycles. The van der Waals surface area contributed by atoms with Gasteiger partial charge < -0.3 is 4.42 Å². The summed E-state index contributed by atoms with van der Waals surface area (Å²) in [4.78, 5) is 10.5. The molecular formula is C65H42N2O. The van der Waals surface area contributed by atoms with Gasteiger partial charge >= 0.3 is 0 Å². The molecule has 3 heteroatoms. The second-order valence-corrected chi connectivity index (χ2v) is 17.6. The van der Waals surface area contributed by atoms with E-state index < -0.39 is 5.41 Å². The van der Waals surface area contributed by atoms with Crippen molar-refractivity contribution in [3.05, 3.63) is 277 Å². The Bertz CT molecular complexity index is 3740. The van der Waals surface area contributed by atoms with Gasteiger partial charge in [0.25, 0.3) is 0 Å². The Labute approximate surface area is 395 Å². The number of nitrogens with zero attached hydrogens (tertiary/aromatic N) is 2. The molecule has 3 nitrogen and oxygen atoms in total. The first-order valence-corrected chi connectivity index (χ1v) is 23.2. The van der Waals surface area contributed by atoms with Crippen LogP contribution in [-0.4, -0.2) is 9.97 Å². The molecule has 10 aromatic carbocycles. The van der Waals surface area contributed by atoms with E-state index >= 15 is 0 Å². The molecule has 0 spiro atoms. The third kappa shape index (κ3) is 6.51. The second kappa shape index (κ2) is 16.2. The molecule has 0 radical (unpaired) electrons. The number of rotatable bonds is 8. The lowest BCUT2D eigenvalue weighted by atomic mass is 9.67. The quantitative estimate of drug-likeness (QED) is 0.153. The van der Waals surface area contributed by atoms with Crippen molar-refractivity contribution in [2.24, 2.45) is 0 Å². The lowest BCUT2D eigenvalue weighted by molar-refractivity contribution is 0.669. The van der Waals surface area contributed by atoms with E-state index in [-0.39, 0.29) is 0 Å². The number of hydrogen-bond acceptors (Lipinski definition) is 3. The van der Waals surface area contributed by atoms with E-state index in [0.29, 0.717) is 5.82 Å². The van der Waals surface area contributed by atoms with E-state index in [4.69, 9.17) is 14.4 Å². The van der Waals surface area contributed by atoms with Crippen LogP contribution >= 0.6 is 0 Å². The molecule has 0 unspecified atom stereocenters. The normalized spacial score (nSPS) is 12.5. The van der Waals surface area contributed by atoms with Crippen molar-refractivity contribution in [3.8, 4) is 78.4 Å². The van der Waals surface area contributed by atoms with Crippen molar-refractivity contribution >= 4 is 21.9 Å². The summed E-state index contributed by atoms with van der Waals surface area (Å²) < 4.78 is 6.31. The molecule has 0 aliphatic heterocycles. The van der Waals surface area contributed by atoms with Crippen molar-refractivity contribution in [3.63, 3.8) is 0 Å². The Morgan fingerprint density at radius 3 is 1.51 bits per heavy atom. The smallest absolute Gasteiger partial charge is 0.160 e. The van der Waals surface area contributed by atoms with Gasteiger partial charge in [0.1, 0.15) is 11.2 Å². The summed E-state index contributed by atoms with van der Waals surface area (Å²) in [6, 6.07) is 91.5. The summed E-state index contributed by atoms with van der Waals surface area (Å²) in [7, 11) is 0. The van der Waals surface area contributed by atoms with Gasteiger partial charge in [-0.05, 0) is 115 Å². The van der Waals surface area contributed by atoms with Crippen molar-refractivity contribution in [1.82, 2.24) is 9.97 Å². The highest BCUT2D eigenvalue weighted by molar-refractivity contribution is 6.06. The minimum atomic E-state index is -0.512. The van der Waals surface area contributed by atoms with Gasteiger partial charge in [-0.15, -0.1) is 0 Å². The summed E-state index contributed by atoms with van der Waals surface area (Å²) >= 11 is 0. The topological polar surface area (TPSA) is 38.9 Å². The van der Waals surface area contributed by atoms with Gasteiger partial charge in [-0.1, -0.05) is 206 Å². The average molecular weight is 867 g/mol. The molecule has 2 aromatic heterocycles. The number of furan rings is 1. The number of aromatic nitrogens is 2. The molecule has 1 aliphatic rings. The van der Waals surface area contributed by atoms with Crippen molar-refractivity contribution in [2.45, 2.75) is 5.41 Å². The maximum atomic E-state index is 6.31. The van der Waals surface area contributed by atoms with E-state index in [1.807, 2.05) is 36.4 Å². The molecule has 1 aliphatic carbocycles. The van der Waals surface area contributed by atoms with Gasteiger partial charge in [0.2, 0.25) is 0 Å². The van der Waals surface area contributed by atoms with Crippen LogP contribution in [0.5, 0.6) is 0 Å². The minimum Gasteiger partial charge on any atom is -0.456 e. The molecule has 0 fully saturated rings. The molecular weight excluding hydrogens is 825 g/mol. The standard InChI is InChI=1S/C65H42N2O/c1-5-19-43(20-6-1)60-42-61(67-64(66-60)44-21-7-2-8-22-44)49-38-47(45-34-36-63-57(40-45)56-30-16-18-32-62(56)68-63)37-48(39-49)53-28-14-13-27-52(53)46-33-35-55-54-29-15-17-31-58(54)65(59(55)41-46,50-23-9-3-10-24-50)51-25-11-4-12-26-51/h1-42H. The maximum absolute atomic E-state index is 6.31. The van der Waals surface area contributed by atoms with Crippen LogP contribution in [0.25, 0.3) is 100 Å². The summed E-state index contributed by atoms with van der Waals surface area (Å²) in [5, 5.41) is 2.19. The molecule has 0 bridgehead atoms. The first-order valence-electron chi connectivity index (χ1n) is 23.2. The van der Waals surface area contributed by atoms with Crippen LogP contribution in [0.1, 0.15) is 22.3 Å². The van der Waals surface area contributed by atoms with Gasteiger partial charge in [0.05, 0.1) is 16.8 Å². The number of fused-ring (bicyclic) bond motifs is 6. The van der Waals surface area contributed by atoms with Gasteiger partial charge in [0, 0.05) is 27.5 Å². The molecule has 318 valence electrons. The second-order valence-electron chi connectivity index (χ2n) is 17.6. The molecule has 0 N–H and O–H groups in total. The first-order chi connectivity index (χ1) is 33.7. The Morgan fingerprint density at radius 2 is 0.794 bits per heavy atom. The van der Waals surface area contributed by atoms with Crippen LogP contribution in [0.2, 0.25) is 0 Å². The minimum absolute atomic E-state index is 0.512. The highest BCUT2D eigenvalue weighted by Gasteiger charge is 2.46. The SMILES string of the molecule is c1ccc(-c2cc(-c3cc(-c4ccc5oc6ccccc6c5c4)cc(-c4ccccc4-c4ccc5c(c4)C(c4ccccc4)(c4ccccc4)c4ccccc4-5)c3)nc(-c3ccccc3)n2)cc1. The van der Waals surface area contributed by atoms with E-state index in [9.17, 15) is 0 Å². The zero-order chi connectivity index (χ0) is 45.0. The zero-order valence-electron chi connectivity index (χ0n) is 37.1. The molecule has 0 saturated carbocycles. The fourth-order valence-corrected chi connectivity index (χ4v) is 10.7. The highest BCUT2D eigenvalue weighted by atomic mass is 16.3. The van der Waals surface area contributed by atoms with Gasteiger partial charge in [-0.3, -0.25) is 0 Å². The summed E-state index contributed by atoms with van der Waals surface area (Å²) in [6.07, 6.45) is 0. The highest BCUT2D eigenvalue weighted by Crippen LogP contribution is 2.57. The van der Waals surface area contributed by atoms with Crippen molar-refractivity contribution in [1.29, 1.82) is 0 Å². The van der Waals surface area contributed by atoms with Crippen molar-refractivity contribution < 1.29 is 4.42 Å². The summed E-state index contributed by atoms with van der Waals surface area (Å²) in [6.45, 7) is 0.